The van der Waals surface area contributed by atoms with Crippen molar-refractivity contribution in [2.75, 3.05) is 11.9 Å². The molecule has 0 unspecified atom stereocenters. The Bertz CT molecular complexity index is 1110. The van der Waals surface area contributed by atoms with Crippen LogP contribution < -0.4 is 10.6 Å². The molecule has 1 atom stereocenters. The van der Waals surface area contributed by atoms with Crippen LogP contribution in [0.15, 0.2) is 24.4 Å². The number of fused-ring (bicyclic) bond motifs is 2. The Morgan fingerprint density at radius 2 is 2.20 bits per heavy atom. The number of halogens is 3. The fourth-order valence-corrected chi connectivity index (χ4v) is 4.14. The Morgan fingerprint density at radius 1 is 1.47 bits per heavy atom. The number of nitrogens with zero attached hydrogens (tertiary/aromatic N) is 3. The van der Waals surface area contributed by atoms with Crippen molar-refractivity contribution in [1.29, 1.82) is 5.26 Å². The van der Waals surface area contributed by atoms with E-state index in [4.69, 9.17) is 16.9 Å². The van der Waals surface area contributed by atoms with Gasteiger partial charge in [-0.05, 0) is 38.0 Å². The van der Waals surface area contributed by atoms with E-state index in [9.17, 15) is 18.4 Å². The average molecular weight is 432 g/mol. The molecular weight excluding hydrogens is 416 g/mol. The molecule has 0 bridgehead atoms. The molecule has 1 aromatic heterocycles. The van der Waals surface area contributed by atoms with Crippen molar-refractivity contribution < 1.29 is 18.4 Å². The molecule has 154 valence electrons. The zero-order chi connectivity index (χ0) is 21.6. The third-order valence-corrected chi connectivity index (χ3v) is 5.68. The lowest BCUT2D eigenvalue weighted by molar-refractivity contribution is -0.123. The number of nitriles is 1. The predicted octanol–water partition coefficient (Wildman–Crippen LogP) is 3.60. The lowest BCUT2D eigenvalue weighted by Gasteiger charge is -2.38. The summed E-state index contributed by atoms with van der Waals surface area (Å²) in [4.78, 5) is 30.5. The lowest BCUT2D eigenvalue weighted by atomic mass is 9.97. The molecule has 0 radical (unpaired) electrons. The van der Waals surface area contributed by atoms with Crippen molar-refractivity contribution in [3.05, 3.63) is 57.9 Å². The zero-order valence-corrected chi connectivity index (χ0v) is 16.6. The highest BCUT2D eigenvalue weighted by Crippen LogP contribution is 2.56. The van der Waals surface area contributed by atoms with Gasteiger partial charge in [0, 0.05) is 11.8 Å². The van der Waals surface area contributed by atoms with Crippen molar-refractivity contribution in [2.24, 2.45) is 0 Å². The fourth-order valence-electron chi connectivity index (χ4n) is 3.81. The van der Waals surface area contributed by atoms with Gasteiger partial charge in [-0.25, -0.2) is 13.6 Å². The Labute approximate surface area is 175 Å². The van der Waals surface area contributed by atoms with Gasteiger partial charge < -0.3 is 15.5 Å². The maximum Gasteiger partial charge on any atom is 0.323 e. The first kappa shape index (κ1) is 20.0. The second-order valence-corrected chi connectivity index (χ2v) is 7.73. The number of nitrogens with one attached hydrogen (secondary N) is 2. The smallest absolute Gasteiger partial charge is 0.323 e. The lowest BCUT2D eigenvalue weighted by Crippen LogP contribution is -2.52. The highest BCUT2D eigenvalue weighted by molar-refractivity contribution is 6.31. The normalized spacial score (nSPS) is 17.0. The number of hydrogen-bond acceptors (Lipinski definition) is 4. The van der Waals surface area contributed by atoms with Gasteiger partial charge >= 0.3 is 6.03 Å². The summed E-state index contributed by atoms with van der Waals surface area (Å²) in [6.45, 7) is 1.31. The maximum absolute atomic E-state index is 14.5. The summed E-state index contributed by atoms with van der Waals surface area (Å²) in [6, 6.07) is 4.50. The second kappa shape index (κ2) is 7.22. The molecule has 30 heavy (non-hydrogen) atoms. The van der Waals surface area contributed by atoms with Crippen molar-refractivity contribution in [3.8, 4) is 6.07 Å². The molecule has 1 saturated carbocycles. The van der Waals surface area contributed by atoms with E-state index < -0.39 is 35.2 Å². The summed E-state index contributed by atoms with van der Waals surface area (Å²) in [5.41, 5.74) is -0.0910. The number of urea groups is 1. The van der Waals surface area contributed by atoms with Crippen molar-refractivity contribution >= 4 is 29.2 Å². The van der Waals surface area contributed by atoms with Crippen LogP contribution in [-0.4, -0.2) is 28.4 Å². The average Bonchev–Trinajstić information content (AvgIpc) is 3.48. The molecule has 2 aliphatic rings. The molecule has 10 heteroatoms. The summed E-state index contributed by atoms with van der Waals surface area (Å²) in [6.07, 6.45) is 2.20. The summed E-state index contributed by atoms with van der Waals surface area (Å²) in [5, 5.41) is 14.3. The van der Waals surface area contributed by atoms with Gasteiger partial charge in [0.1, 0.15) is 12.6 Å². The van der Waals surface area contributed by atoms with Gasteiger partial charge in [0.2, 0.25) is 5.91 Å². The summed E-state index contributed by atoms with van der Waals surface area (Å²) < 4.78 is 28.3. The highest BCUT2D eigenvalue weighted by atomic mass is 35.5. The van der Waals surface area contributed by atoms with E-state index in [1.54, 1.807) is 6.92 Å². The van der Waals surface area contributed by atoms with Crippen molar-refractivity contribution in [1.82, 2.24) is 15.2 Å². The number of pyridine rings is 1. The summed E-state index contributed by atoms with van der Waals surface area (Å²) >= 11 is 6.13. The fraction of sp³-hybridized carbons (Fsp3) is 0.300. The molecule has 1 aromatic carbocycles. The number of benzene rings is 1. The number of rotatable bonds is 4. The van der Waals surface area contributed by atoms with E-state index in [2.05, 4.69) is 15.6 Å². The largest absolute Gasteiger partial charge is 0.346 e. The molecular formula is C20H16ClF2N5O2. The first-order valence-corrected chi connectivity index (χ1v) is 9.56. The second-order valence-electron chi connectivity index (χ2n) is 7.32. The molecule has 1 spiro atoms. The Kier molecular flexibility index (Phi) is 4.82. The molecule has 1 fully saturated rings. The third kappa shape index (κ3) is 3.23. The van der Waals surface area contributed by atoms with Crippen LogP contribution in [0.3, 0.4) is 0 Å². The molecule has 2 heterocycles. The number of carbonyl (C=O) groups is 2. The van der Waals surface area contributed by atoms with Gasteiger partial charge in [-0.1, -0.05) is 11.6 Å². The standard InChI is InChI=1S/C20H16ClF2N5O2/c1-10(18-12(21)6-11(7-24)8-25-18)26-15(29)9-28-19(30)27-14-3-2-13(22)17(23)16(14)20(28)4-5-20/h2-3,6,8,10H,4-5,9H2,1H3,(H,26,29)(H,27,30)/t10-/m1/s1. The quantitative estimate of drug-likeness (QED) is 0.772. The topological polar surface area (TPSA) is 98.1 Å². The molecule has 1 aliphatic carbocycles. The van der Waals surface area contributed by atoms with Gasteiger partial charge in [-0.15, -0.1) is 0 Å². The summed E-state index contributed by atoms with van der Waals surface area (Å²) in [5.74, 6) is -2.53. The highest BCUT2D eigenvalue weighted by Gasteiger charge is 2.57. The van der Waals surface area contributed by atoms with Crippen LogP contribution in [0.5, 0.6) is 0 Å². The number of amides is 3. The van der Waals surface area contributed by atoms with Gasteiger partial charge in [0.05, 0.1) is 33.5 Å². The first-order valence-electron chi connectivity index (χ1n) is 9.19. The Balaban J connectivity index is 1.53. The molecule has 2 aromatic rings. The molecule has 2 N–H and O–H groups in total. The van der Waals surface area contributed by atoms with E-state index in [1.807, 2.05) is 6.07 Å². The van der Waals surface area contributed by atoms with Crippen LogP contribution in [0.2, 0.25) is 5.02 Å². The maximum atomic E-state index is 14.5. The molecule has 1 aliphatic heterocycles. The third-order valence-electron chi connectivity index (χ3n) is 5.38. The minimum Gasteiger partial charge on any atom is -0.346 e. The zero-order valence-electron chi connectivity index (χ0n) is 15.8. The Hall–Kier alpha value is -3.25. The van der Waals surface area contributed by atoms with Gasteiger partial charge in [0.15, 0.2) is 11.6 Å². The van der Waals surface area contributed by atoms with E-state index in [0.29, 0.717) is 18.5 Å². The molecule has 4 rings (SSSR count). The van der Waals surface area contributed by atoms with E-state index in [0.717, 1.165) is 6.07 Å². The van der Waals surface area contributed by atoms with Crippen LogP contribution >= 0.6 is 11.6 Å². The minimum absolute atomic E-state index is 0.0692. The van der Waals surface area contributed by atoms with Crippen LogP contribution in [-0.2, 0) is 10.3 Å². The number of aromatic nitrogens is 1. The predicted molar refractivity (Wildman–Crippen MR) is 104 cm³/mol. The van der Waals surface area contributed by atoms with Crippen molar-refractivity contribution in [2.45, 2.75) is 31.3 Å². The molecule has 7 nitrogen and oxygen atoms in total. The van der Waals surface area contributed by atoms with Crippen molar-refractivity contribution in [3.63, 3.8) is 0 Å². The van der Waals surface area contributed by atoms with E-state index in [-0.39, 0.29) is 28.4 Å². The number of hydrogen-bond donors (Lipinski definition) is 2. The van der Waals surface area contributed by atoms with Crippen LogP contribution in [0.4, 0.5) is 19.3 Å². The van der Waals surface area contributed by atoms with Gasteiger partial charge in [-0.2, -0.15) is 5.26 Å². The molecule has 3 amide bonds. The molecule has 0 saturated heterocycles. The van der Waals surface area contributed by atoms with Gasteiger partial charge in [0.25, 0.3) is 0 Å². The monoisotopic (exact) mass is 431 g/mol. The number of anilines is 1. The minimum atomic E-state index is -1.03. The van der Waals surface area contributed by atoms with E-state index >= 15 is 0 Å². The van der Waals surface area contributed by atoms with E-state index in [1.165, 1.54) is 23.2 Å². The van der Waals surface area contributed by atoms with Gasteiger partial charge in [-0.3, -0.25) is 9.78 Å². The summed E-state index contributed by atoms with van der Waals surface area (Å²) in [7, 11) is 0. The van der Waals surface area contributed by atoms with Crippen LogP contribution in [0.1, 0.15) is 42.6 Å². The first-order chi connectivity index (χ1) is 14.3. The Morgan fingerprint density at radius 3 is 2.83 bits per heavy atom. The van der Waals surface area contributed by atoms with Crippen LogP contribution in [0, 0.1) is 23.0 Å². The number of carbonyl (C=O) groups excluding carboxylic acids is 2. The van der Waals surface area contributed by atoms with Crippen LogP contribution in [0.25, 0.3) is 0 Å². The SMILES string of the molecule is C[C@@H](NC(=O)CN1C(=O)Nc2ccc(F)c(F)c2C12CC2)c1ncc(C#N)cc1Cl.